The highest BCUT2D eigenvalue weighted by molar-refractivity contribution is 5.98. The molecule has 3 N–H and O–H groups in total. The summed E-state index contributed by atoms with van der Waals surface area (Å²) >= 11 is 0. The Hall–Kier alpha value is -3.58. The topological polar surface area (TPSA) is 82.3 Å². The zero-order chi connectivity index (χ0) is 20.8. The number of fused-ring (bicyclic) bond motifs is 2. The van der Waals surface area contributed by atoms with Crippen LogP contribution in [0.1, 0.15) is 24.5 Å². The van der Waals surface area contributed by atoms with Crippen LogP contribution in [0.2, 0.25) is 0 Å². The Labute approximate surface area is 177 Å². The van der Waals surface area contributed by atoms with E-state index in [9.17, 15) is 4.39 Å². The number of hydrogen-bond donors (Lipinski definition) is 3. The van der Waals surface area contributed by atoms with E-state index in [0.29, 0.717) is 5.92 Å². The van der Waals surface area contributed by atoms with Crippen LogP contribution in [0.15, 0.2) is 54.7 Å². The summed E-state index contributed by atoms with van der Waals surface area (Å²) in [6.07, 6.45) is 3.93. The Bertz CT molecular complexity index is 1400. The molecule has 4 aromatic heterocycles. The van der Waals surface area contributed by atoms with Crippen molar-refractivity contribution in [1.82, 2.24) is 30.5 Å². The largest absolute Gasteiger partial charge is 0.338 e. The minimum atomic E-state index is -0.258. The fourth-order valence-corrected chi connectivity index (χ4v) is 4.51. The molecule has 1 aliphatic rings. The van der Waals surface area contributed by atoms with Crippen LogP contribution in [0.25, 0.3) is 44.6 Å². The molecule has 7 heteroatoms. The molecule has 0 amide bonds. The number of rotatable bonds is 3. The van der Waals surface area contributed by atoms with Gasteiger partial charge in [-0.1, -0.05) is 12.1 Å². The predicted octanol–water partition coefficient (Wildman–Crippen LogP) is 4.77. The van der Waals surface area contributed by atoms with Crippen molar-refractivity contribution in [1.29, 1.82) is 0 Å². The van der Waals surface area contributed by atoms with Gasteiger partial charge in [0.15, 0.2) is 0 Å². The molecule has 0 aliphatic carbocycles. The highest BCUT2D eigenvalue weighted by Gasteiger charge is 2.20. The summed E-state index contributed by atoms with van der Waals surface area (Å²) in [5.74, 6) is 0.212. The standard InChI is InChI=1S/C24H21FN6/c25-16-3-1-2-15(12-16)17-8-11-27-24-18(17)13-21(29-24)23-22-20(30-31-23)5-4-19(28-22)14-6-9-26-10-7-14/h1-5,8,11-14,26H,6-7,9-10H2,(H,27,29)(H,30,31). The minimum absolute atomic E-state index is 0.258. The molecule has 6 rings (SSSR count). The zero-order valence-corrected chi connectivity index (χ0v) is 16.8. The molecule has 5 aromatic rings. The number of H-pyrrole nitrogens is 2. The van der Waals surface area contributed by atoms with Gasteiger partial charge in [-0.25, -0.2) is 14.4 Å². The predicted molar refractivity (Wildman–Crippen MR) is 119 cm³/mol. The number of halogens is 1. The van der Waals surface area contributed by atoms with Gasteiger partial charge in [0, 0.05) is 23.2 Å². The van der Waals surface area contributed by atoms with Crippen LogP contribution >= 0.6 is 0 Å². The van der Waals surface area contributed by atoms with Gasteiger partial charge in [-0.3, -0.25) is 5.10 Å². The number of piperidine rings is 1. The molecular weight excluding hydrogens is 391 g/mol. The quantitative estimate of drug-likeness (QED) is 0.399. The summed E-state index contributed by atoms with van der Waals surface area (Å²) in [6, 6.07) is 14.7. The fourth-order valence-electron chi connectivity index (χ4n) is 4.51. The molecule has 0 unspecified atom stereocenters. The maximum absolute atomic E-state index is 13.8. The summed E-state index contributed by atoms with van der Waals surface area (Å²) in [6.45, 7) is 2.05. The van der Waals surface area contributed by atoms with E-state index in [0.717, 1.165) is 76.2 Å². The van der Waals surface area contributed by atoms with Crippen molar-refractivity contribution in [3.05, 3.63) is 66.2 Å². The average molecular weight is 412 g/mol. The second-order valence-electron chi connectivity index (χ2n) is 8.04. The first-order valence-electron chi connectivity index (χ1n) is 10.6. The molecule has 31 heavy (non-hydrogen) atoms. The van der Waals surface area contributed by atoms with Crippen molar-refractivity contribution >= 4 is 22.1 Å². The summed E-state index contributed by atoms with van der Waals surface area (Å²) in [7, 11) is 0. The van der Waals surface area contributed by atoms with Crippen molar-refractivity contribution in [2.75, 3.05) is 13.1 Å². The normalized spacial score (nSPS) is 15.1. The molecule has 1 aliphatic heterocycles. The maximum atomic E-state index is 13.8. The smallest absolute Gasteiger partial charge is 0.138 e. The van der Waals surface area contributed by atoms with E-state index in [1.165, 1.54) is 12.1 Å². The van der Waals surface area contributed by atoms with Crippen LogP contribution in [-0.4, -0.2) is 38.2 Å². The second-order valence-corrected chi connectivity index (χ2v) is 8.04. The Morgan fingerprint density at radius 3 is 2.77 bits per heavy atom. The molecule has 0 bridgehead atoms. The zero-order valence-electron chi connectivity index (χ0n) is 16.8. The summed E-state index contributed by atoms with van der Waals surface area (Å²) in [5, 5.41) is 12.0. The molecule has 1 saturated heterocycles. The number of nitrogens with one attached hydrogen (secondary N) is 3. The van der Waals surface area contributed by atoms with Crippen molar-refractivity contribution in [2.24, 2.45) is 0 Å². The second kappa shape index (κ2) is 7.28. The number of nitrogens with zero attached hydrogens (tertiary/aromatic N) is 3. The van der Waals surface area contributed by atoms with Crippen LogP contribution in [0, 0.1) is 5.82 Å². The van der Waals surface area contributed by atoms with Crippen LogP contribution in [0.5, 0.6) is 0 Å². The third kappa shape index (κ3) is 3.18. The molecule has 154 valence electrons. The van der Waals surface area contributed by atoms with Gasteiger partial charge in [0.1, 0.15) is 22.7 Å². The van der Waals surface area contributed by atoms with Gasteiger partial charge in [-0.2, -0.15) is 5.10 Å². The van der Waals surface area contributed by atoms with Gasteiger partial charge in [0.2, 0.25) is 0 Å². The maximum Gasteiger partial charge on any atom is 0.138 e. The van der Waals surface area contributed by atoms with Crippen LogP contribution < -0.4 is 5.32 Å². The lowest BCUT2D eigenvalue weighted by Gasteiger charge is -2.22. The van der Waals surface area contributed by atoms with Crippen LogP contribution in [0.4, 0.5) is 4.39 Å². The molecule has 0 atom stereocenters. The first-order valence-corrected chi connectivity index (χ1v) is 10.6. The van der Waals surface area contributed by atoms with E-state index < -0.39 is 0 Å². The lowest BCUT2D eigenvalue weighted by Crippen LogP contribution is -2.27. The van der Waals surface area contributed by atoms with Crippen LogP contribution in [-0.2, 0) is 0 Å². The number of pyridine rings is 2. The molecule has 0 radical (unpaired) electrons. The lowest BCUT2D eigenvalue weighted by atomic mass is 9.94. The Morgan fingerprint density at radius 2 is 1.90 bits per heavy atom. The third-order valence-corrected chi connectivity index (χ3v) is 6.11. The Morgan fingerprint density at radius 1 is 1.00 bits per heavy atom. The van der Waals surface area contributed by atoms with Gasteiger partial charge in [0.05, 0.1) is 11.2 Å². The molecule has 1 fully saturated rings. The molecule has 0 spiro atoms. The minimum Gasteiger partial charge on any atom is -0.338 e. The fraction of sp³-hybridized carbons (Fsp3) is 0.208. The van der Waals surface area contributed by atoms with E-state index >= 15 is 0 Å². The SMILES string of the molecule is Fc1cccc(-c2ccnc3[nH]c(-c4n[nH]c5ccc(C6CCNCC6)nc45)cc23)c1. The van der Waals surface area contributed by atoms with Crippen LogP contribution in [0.3, 0.4) is 0 Å². The molecule has 6 nitrogen and oxygen atoms in total. The lowest BCUT2D eigenvalue weighted by molar-refractivity contribution is 0.454. The number of aromatic nitrogens is 5. The first kappa shape index (κ1) is 18.2. The van der Waals surface area contributed by atoms with Crippen molar-refractivity contribution in [3.63, 3.8) is 0 Å². The molecule has 5 heterocycles. The third-order valence-electron chi connectivity index (χ3n) is 6.11. The van der Waals surface area contributed by atoms with E-state index in [-0.39, 0.29) is 5.82 Å². The number of hydrogen-bond acceptors (Lipinski definition) is 4. The average Bonchev–Trinajstić information content (AvgIpc) is 3.43. The highest BCUT2D eigenvalue weighted by Crippen LogP contribution is 2.34. The van der Waals surface area contributed by atoms with Crippen molar-refractivity contribution in [2.45, 2.75) is 18.8 Å². The van der Waals surface area contributed by atoms with Crippen molar-refractivity contribution in [3.8, 4) is 22.5 Å². The highest BCUT2D eigenvalue weighted by atomic mass is 19.1. The van der Waals surface area contributed by atoms with Gasteiger partial charge in [-0.15, -0.1) is 0 Å². The van der Waals surface area contributed by atoms with Crippen molar-refractivity contribution < 1.29 is 4.39 Å². The van der Waals surface area contributed by atoms with Gasteiger partial charge < -0.3 is 10.3 Å². The monoisotopic (exact) mass is 412 g/mol. The summed E-state index contributed by atoms with van der Waals surface area (Å²) < 4.78 is 13.8. The Kier molecular flexibility index (Phi) is 4.28. The van der Waals surface area contributed by atoms with E-state index in [2.05, 4.69) is 37.6 Å². The number of benzene rings is 1. The van der Waals surface area contributed by atoms with E-state index in [4.69, 9.17) is 4.98 Å². The molecule has 0 saturated carbocycles. The van der Waals surface area contributed by atoms with Gasteiger partial charge >= 0.3 is 0 Å². The summed E-state index contributed by atoms with van der Waals surface area (Å²) in [5.41, 5.74) is 6.97. The molecular formula is C24H21FN6. The van der Waals surface area contributed by atoms with Gasteiger partial charge in [0.25, 0.3) is 0 Å². The summed E-state index contributed by atoms with van der Waals surface area (Å²) in [4.78, 5) is 12.8. The first-order chi connectivity index (χ1) is 15.3. The van der Waals surface area contributed by atoms with Gasteiger partial charge in [-0.05, 0) is 73.5 Å². The van der Waals surface area contributed by atoms with E-state index in [1.807, 2.05) is 18.2 Å². The number of aromatic amines is 2. The van der Waals surface area contributed by atoms with E-state index in [1.54, 1.807) is 12.3 Å². The molecule has 1 aromatic carbocycles. The Balaban J connectivity index is 1.47.